The van der Waals surface area contributed by atoms with Crippen molar-refractivity contribution >= 4 is 17.5 Å². The Morgan fingerprint density at radius 1 is 1.47 bits per heavy atom. The number of amides is 1. The van der Waals surface area contributed by atoms with Crippen molar-refractivity contribution in [1.29, 1.82) is 0 Å². The van der Waals surface area contributed by atoms with Crippen LogP contribution in [0.4, 0.5) is 0 Å². The summed E-state index contributed by atoms with van der Waals surface area (Å²) in [6.45, 7) is 2.51. The topological polar surface area (TPSA) is 61.4 Å². The van der Waals surface area contributed by atoms with E-state index in [-0.39, 0.29) is 0 Å². The molecular formula is C10H13ClN2O2. The number of hydroxylamine groups is 1. The molecule has 1 aromatic carbocycles. The lowest BCUT2D eigenvalue weighted by molar-refractivity contribution is -0.131. The quantitative estimate of drug-likeness (QED) is 0.541. The first-order chi connectivity index (χ1) is 7.19. The molecule has 15 heavy (non-hydrogen) atoms. The summed E-state index contributed by atoms with van der Waals surface area (Å²) >= 11 is 5.74. The van der Waals surface area contributed by atoms with E-state index in [1.54, 1.807) is 29.7 Å². The average molecular weight is 229 g/mol. The average Bonchev–Trinajstić information content (AvgIpc) is 2.26. The van der Waals surface area contributed by atoms with Gasteiger partial charge in [0.1, 0.15) is 6.04 Å². The Labute approximate surface area is 93.2 Å². The Morgan fingerprint density at radius 2 is 2.07 bits per heavy atom. The van der Waals surface area contributed by atoms with Gasteiger partial charge >= 0.3 is 0 Å². The number of carbonyl (C=O) groups excluding carboxylic acids is 1. The highest BCUT2D eigenvalue weighted by Gasteiger charge is 2.18. The van der Waals surface area contributed by atoms with E-state index < -0.39 is 11.9 Å². The van der Waals surface area contributed by atoms with Crippen LogP contribution in [0.5, 0.6) is 0 Å². The van der Waals surface area contributed by atoms with Gasteiger partial charge in [-0.1, -0.05) is 30.7 Å². The maximum absolute atomic E-state index is 11.3. The second-order valence-corrected chi connectivity index (χ2v) is 3.45. The number of rotatable bonds is 4. The van der Waals surface area contributed by atoms with Crippen LogP contribution in [0.1, 0.15) is 18.5 Å². The Bertz CT molecular complexity index is 327. The molecule has 0 aliphatic rings. The van der Waals surface area contributed by atoms with Gasteiger partial charge in [0.15, 0.2) is 0 Å². The van der Waals surface area contributed by atoms with E-state index in [2.05, 4.69) is 5.32 Å². The third kappa shape index (κ3) is 3.20. The highest BCUT2D eigenvalue weighted by atomic mass is 35.5. The molecule has 1 amide bonds. The van der Waals surface area contributed by atoms with Gasteiger partial charge in [-0.15, -0.1) is 0 Å². The predicted molar refractivity (Wildman–Crippen MR) is 57.8 cm³/mol. The number of carbonyl (C=O) groups is 1. The minimum absolute atomic E-state index is 0.487. The molecular weight excluding hydrogens is 216 g/mol. The van der Waals surface area contributed by atoms with Crippen molar-refractivity contribution in [3.63, 3.8) is 0 Å². The molecule has 5 heteroatoms. The summed E-state index contributed by atoms with van der Waals surface area (Å²) in [6.07, 6.45) is 0. The molecule has 0 saturated heterocycles. The Balaban J connectivity index is 2.88. The summed E-state index contributed by atoms with van der Waals surface area (Å²) in [7, 11) is 0. The minimum atomic E-state index is -0.558. The van der Waals surface area contributed by atoms with Crippen molar-refractivity contribution in [3.05, 3.63) is 34.9 Å². The van der Waals surface area contributed by atoms with Crippen LogP contribution in [0.2, 0.25) is 5.02 Å². The van der Waals surface area contributed by atoms with Gasteiger partial charge in [0.25, 0.3) is 5.91 Å². The van der Waals surface area contributed by atoms with Crippen LogP contribution in [-0.2, 0) is 4.79 Å². The number of benzene rings is 1. The van der Waals surface area contributed by atoms with Gasteiger partial charge in [0, 0.05) is 5.02 Å². The van der Waals surface area contributed by atoms with Crippen LogP contribution >= 0.6 is 11.6 Å². The summed E-state index contributed by atoms with van der Waals surface area (Å²) in [4.78, 5) is 11.3. The standard InChI is InChI=1S/C10H13ClN2O2/c1-2-12-9(10(14)13-15)7-3-5-8(11)6-4-7/h3-6,9,12,15H,2H2,1H3,(H,13,14). The zero-order valence-corrected chi connectivity index (χ0v) is 9.08. The monoisotopic (exact) mass is 228 g/mol. The SMILES string of the molecule is CCNC(C(=O)NO)c1ccc(Cl)cc1. The molecule has 0 bridgehead atoms. The maximum Gasteiger partial charge on any atom is 0.265 e. The zero-order valence-electron chi connectivity index (χ0n) is 8.33. The first-order valence-corrected chi connectivity index (χ1v) is 4.99. The Hall–Kier alpha value is -1.10. The summed E-state index contributed by atoms with van der Waals surface area (Å²) in [5, 5.41) is 12.1. The van der Waals surface area contributed by atoms with Crippen LogP contribution in [0, 0.1) is 0 Å². The molecule has 0 aliphatic carbocycles. The summed E-state index contributed by atoms with van der Waals surface area (Å²) in [5.74, 6) is -0.487. The summed E-state index contributed by atoms with van der Waals surface area (Å²) < 4.78 is 0. The number of likely N-dealkylation sites (N-methyl/N-ethyl adjacent to an activating group) is 1. The van der Waals surface area contributed by atoms with Gasteiger partial charge in [-0.3, -0.25) is 10.0 Å². The van der Waals surface area contributed by atoms with E-state index in [4.69, 9.17) is 16.8 Å². The zero-order chi connectivity index (χ0) is 11.3. The van der Waals surface area contributed by atoms with Crippen LogP contribution in [-0.4, -0.2) is 17.7 Å². The fourth-order valence-corrected chi connectivity index (χ4v) is 1.41. The fraction of sp³-hybridized carbons (Fsp3) is 0.300. The molecule has 0 aromatic heterocycles. The van der Waals surface area contributed by atoms with E-state index >= 15 is 0 Å². The Kier molecular flexibility index (Phi) is 4.55. The van der Waals surface area contributed by atoms with Crippen molar-refractivity contribution in [1.82, 2.24) is 10.8 Å². The van der Waals surface area contributed by atoms with Crippen LogP contribution in [0.25, 0.3) is 0 Å². The lowest BCUT2D eigenvalue weighted by atomic mass is 10.1. The van der Waals surface area contributed by atoms with E-state index in [0.29, 0.717) is 11.6 Å². The van der Waals surface area contributed by atoms with Crippen LogP contribution in [0.3, 0.4) is 0 Å². The summed E-state index contributed by atoms with van der Waals surface area (Å²) in [6, 6.07) is 6.32. The van der Waals surface area contributed by atoms with Gasteiger partial charge in [-0.05, 0) is 24.2 Å². The van der Waals surface area contributed by atoms with Crippen molar-refractivity contribution in [2.75, 3.05) is 6.54 Å². The maximum atomic E-state index is 11.3. The molecule has 1 atom stereocenters. The normalized spacial score (nSPS) is 12.2. The highest BCUT2D eigenvalue weighted by Crippen LogP contribution is 2.16. The van der Waals surface area contributed by atoms with E-state index in [9.17, 15) is 4.79 Å². The molecule has 1 unspecified atom stereocenters. The first kappa shape index (κ1) is 12.0. The number of hydrogen-bond acceptors (Lipinski definition) is 3. The van der Waals surface area contributed by atoms with Gasteiger partial charge in [0.05, 0.1) is 0 Å². The highest BCUT2D eigenvalue weighted by molar-refractivity contribution is 6.30. The van der Waals surface area contributed by atoms with E-state index in [0.717, 1.165) is 5.56 Å². The molecule has 0 spiro atoms. The minimum Gasteiger partial charge on any atom is -0.302 e. The van der Waals surface area contributed by atoms with E-state index in [1.165, 1.54) is 0 Å². The molecule has 0 fully saturated rings. The molecule has 3 N–H and O–H groups in total. The number of nitrogens with one attached hydrogen (secondary N) is 2. The fourth-order valence-electron chi connectivity index (χ4n) is 1.29. The van der Waals surface area contributed by atoms with E-state index in [1.807, 2.05) is 6.92 Å². The number of halogens is 1. The molecule has 0 radical (unpaired) electrons. The molecule has 0 saturated carbocycles. The third-order valence-electron chi connectivity index (χ3n) is 1.98. The van der Waals surface area contributed by atoms with Crippen molar-refractivity contribution in [2.24, 2.45) is 0 Å². The lowest BCUT2D eigenvalue weighted by Crippen LogP contribution is -2.35. The second-order valence-electron chi connectivity index (χ2n) is 3.02. The molecule has 0 heterocycles. The second kappa shape index (κ2) is 5.70. The third-order valence-corrected chi connectivity index (χ3v) is 2.24. The van der Waals surface area contributed by atoms with Gasteiger partial charge < -0.3 is 5.32 Å². The van der Waals surface area contributed by atoms with Crippen molar-refractivity contribution < 1.29 is 10.0 Å². The largest absolute Gasteiger partial charge is 0.302 e. The van der Waals surface area contributed by atoms with Crippen LogP contribution in [0.15, 0.2) is 24.3 Å². The number of hydrogen-bond donors (Lipinski definition) is 3. The van der Waals surface area contributed by atoms with Crippen molar-refractivity contribution in [2.45, 2.75) is 13.0 Å². The lowest BCUT2D eigenvalue weighted by Gasteiger charge is -2.15. The molecule has 4 nitrogen and oxygen atoms in total. The van der Waals surface area contributed by atoms with Crippen molar-refractivity contribution in [3.8, 4) is 0 Å². The van der Waals surface area contributed by atoms with Crippen LogP contribution < -0.4 is 10.8 Å². The predicted octanol–water partition coefficient (Wildman–Crippen LogP) is 1.50. The molecule has 0 aliphatic heterocycles. The smallest absolute Gasteiger partial charge is 0.265 e. The van der Waals surface area contributed by atoms with Gasteiger partial charge in [0.2, 0.25) is 0 Å². The van der Waals surface area contributed by atoms with Gasteiger partial charge in [-0.2, -0.15) is 0 Å². The molecule has 1 aromatic rings. The Morgan fingerprint density at radius 3 is 2.53 bits per heavy atom. The summed E-state index contributed by atoms with van der Waals surface area (Å²) in [5.41, 5.74) is 2.39. The molecule has 82 valence electrons. The molecule has 1 rings (SSSR count). The van der Waals surface area contributed by atoms with Gasteiger partial charge in [-0.25, -0.2) is 5.48 Å². The first-order valence-electron chi connectivity index (χ1n) is 4.61.